The maximum Gasteiger partial charge on any atom is 0.306 e. The van der Waals surface area contributed by atoms with Crippen molar-refractivity contribution in [2.24, 2.45) is 0 Å². The molecule has 2 rings (SSSR count). The zero-order valence-corrected chi connectivity index (χ0v) is 7.45. The standard InChI is InChI=1S/C8H12O2S/c1-6-4-8(5-11-6)3-2-7(9)10-8/h6H,2-5H2,1H3. The number of esters is 1. The number of ether oxygens (including phenoxy) is 1. The first-order chi connectivity index (χ1) is 5.20. The molecule has 0 amide bonds. The van der Waals surface area contributed by atoms with Crippen molar-refractivity contribution < 1.29 is 9.53 Å². The third kappa shape index (κ3) is 1.26. The van der Waals surface area contributed by atoms with Gasteiger partial charge in [0.25, 0.3) is 0 Å². The predicted molar refractivity (Wildman–Crippen MR) is 44.6 cm³/mol. The van der Waals surface area contributed by atoms with Crippen molar-refractivity contribution >= 4 is 17.7 Å². The average Bonchev–Trinajstić information content (AvgIpc) is 2.44. The van der Waals surface area contributed by atoms with Gasteiger partial charge in [0.05, 0.1) is 0 Å². The fourth-order valence-corrected chi connectivity index (χ4v) is 3.19. The summed E-state index contributed by atoms with van der Waals surface area (Å²) >= 11 is 1.92. The van der Waals surface area contributed by atoms with E-state index >= 15 is 0 Å². The molecular weight excluding hydrogens is 160 g/mol. The van der Waals surface area contributed by atoms with Crippen LogP contribution in [0.2, 0.25) is 0 Å². The molecule has 0 radical (unpaired) electrons. The van der Waals surface area contributed by atoms with Crippen LogP contribution in [0.15, 0.2) is 0 Å². The number of carbonyl (C=O) groups is 1. The van der Waals surface area contributed by atoms with Crippen LogP contribution in [0, 0.1) is 0 Å². The van der Waals surface area contributed by atoms with Crippen molar-refractivity contribution in [3.05, 3.63) is 0 Å². The maximum absolute atomic E-state index is 10.9. The fourth-order valence-electron chi connectivity index (χ4n) is 1.85. The first kappa shape index (κ1) is 7.47. The highest BCUT2D eigenvalue weighted by Crippen LogP contribution is 2.43. The Morgan fingerprint density at radius 1 is 1.73 bits per heavy atom. The molecule has 2 saturated heterocycles. The van der Waals surface area contributed by atoms with E-state index in [0.717, 1.165) is 18.6 Å². The highest BCUT2D eigenvalue weighted by Gasteiger charge is 2.45. The van der Waals surface area contributed by atoms with Gasteiger partial charge in [0.1, 0.15) is 5.60 Å². The number of carbonyl (C=O) groups excluding carboxylic acids is 1. The van der Waals surface area contributed by atoms with E-state index in [9.17, 15) is 4.79 Å². The summed E-state index contributed by atoms with van der Waals surface area (Å²) < 4.78 is 5.32. The quantitative estimate of drug-likeness (QED) is 0.519. The minimum absolute atomic E-state index is 0.000278. The molecule has 0 N–H and O–H groups in total. The van der Waals surface area contributed by atoms with Crippen molar-refractivity contribution in [2.45, 2.75) is 37.0 Å². The summed E-state index contributed by atoms with van der Waals surface area (Å²) in [4.78, 5) is 10.9. The van der Waals surface area contributed by atoms with Crippen molar-refractivity contribution in [3.8, 4) is 0 Å². The van der Waals surface area contributed by atoms with Gasteiger partial charge in [0.2, 0.25) is 0 Å². The first-order valence-electron chi connectivity index (χ1n) is 4.04. The van der Waals surface area contributed by atoms with Crippen LogP contribution in [0.25, 0.3) is 0 Å². The van der Waals surface area contributed by atoms with E-state index < -0.39 is 0 Å². The molecule has 0 aromatic heterocycles. The zero-order chi connectivity index (χ0) is 7.90. The highest BCUT2D eigenvalue weighted by atomic mass is 32.2. The molecule has 0 aromatic carbocycles. The summed E-state index contributed by atoms with van der Waals surface area (Å²) in [7, 11) is 0. The first-order valence-corrected chi connectivity index (χ1v) is 5.09. The van der Waals surface area contributed by atoms with Crippen LogP contribution in [-0.2, 0) is 9.53 Å². The minimum atomic E-state index is -0.0544. The molecular formula is C8H12O2S. The third-order valence-electron chi connectivity index (χ3n) is 2.41. The minimum Gasteiger partial charge on any atom is -0.458 e. The summed E-state index contributed by atoms with van der Waals surface area (Å²) in [6.45, 7) is 2.20. The number of thioether (sulfide) groups is 1. The van der Waals surface area contributed by atoms with Crippen LogP contribution in [0.1, 0.15) is 26.2 Å². The Morgan fingerprint density at radius 3 is 3.00 bits per heavy atom. The molecule has 11 heavy (non-hydrogen) atoms. The Labute approximate surface area is 70.7 Å². The van der Waals surface area contributed by atoms with Crippen LogP contribution in [-0.4, -0.2) is 22.6 Å². The van der Waals surface area contributed by atoms with E-state index in [2.05, 4.69) is 6.92 Å². The summed E-state index contributed by atoms with van der Waals surface area (Å²) in [6, 6.07) is 0. The second-order valence-electron chi connectivity index (χ2n) is 3.48. The molecule has 2 fully saturated rings. The van der Waals surface area contributed by atoms with Crippen LogP contribution in [0.5, 0.6) is 0 Å². The van der Waals surface area contributed by atoms with Crippen LogP contribution in [0.3, 0.4) is 0 Å². The molecule has 2 aliphatic rings. The van der Waals surface area contributed by atoms with E-state index in [0.29, 0.717) is 11.7 Å². The third-order valence-corrected chi connectivity index (χ3v) is 3.83. The molecule has 2 atom stereocenters. The van der Waals surface area contributed by atoms with Gasteiger partial charge in [-0.1, -0.05) is 6.92 Å². The van der Waals surface area contributed by atoms with Gasteiger partial charge in [-0.25, -0.2) is 0 Å². The smallest absolute Gasteiger partial charge is 0.306 e. The molecule has 2 heterocycles. The molecule has 2 unspecified atom stereocenters. The average molecular weight is 172 g/mol. The monoisotopic (exact) mass is 172 g/mol. The Kier molecular flexibility index (Phi) is 1.63. The summed E-state index contributed by atoms with van der Waals surface area (Å²) in [5.74, 6) is 1.01. The molecule has 1 spiro atoms. The Bertz CT molecular complexity index is 193. The summed E-state index contributed by atoms with van der Waals surface area (Å²) in [6.07, 6.45) is 2.64. The van der Waals surface area contributed by atoms with Crippen LogP contribution in [0.4, 0.5) is 0 Å². The fraction of sp³-hybridized carbons (Fsp3) is 0.875. The van der Waals surface area contributed by atoms with Crippen molar-refractivity contribution in [1.82, 2.24) is 0 Å². The topological polar surface area (TPSA) is 26.3 Å². The van der Waals surface area contributed by atoms with Gasteiger partial charge in [0, 0.05) is 17.4 Å². The predicted octanol–water partition coefficient (Wildman–Crippen LogP) is 1.59. The van der Waals surface area contributed by atoms with Gasteiger partial charge in [-0.05, 0) is 12.8 Å². The van der Waals surface area contributed by atoms with Gasteiger partial charge in [-0.2, -0.15) is 11.8 Å². The highest BCUT2D eigenvalue weighted by molar-refractivity contribution is 8.00. The van der Waals surface area contributed by atoms with E-state index in [1.165, 1.54) is 0 Å². The lowest BCUT2D eigenvalue weighted by atomic mass is 9.97. The lowest BCUT2D eigenvalue weighted by molar-refractivity contribution is -0.146. The second kappa shape index (κ2) is 2.41. The summed E-state index contributed by atoms with van der Waals surface area (Å²) in [5.41, 5.74) is -0.0544. The van der Waals surface area contributed by atoms with Crippen molar-refractivity contribution in [3.63, 3.8) is 0 Å². The molecule has 0 bridgehead atoms. The van der Waals surface area contributed by atoms with Gasteiger partial charge < -0.3 is 4.74 Å². The van der Waals surface area contributed by atoms with Crippen LogP contribution >= 0.6 is 11.8 Å². The maximum atomic E-state index is 10.9. The Morgan fingerprint density at radius 2 is 2.55 bits per heavy atom. The SMILES string of the molecule is CC1CC2(CCC(=O)O2)CS1. The van der Waals surface area contributed by atoms with Crippen LogP contribution < -0.4 is 0 Å². The van der Waals surface area contributed by atoms with Gasteiger partial charge in [0.15, 0.2) is 0 Å². The molecule has 0 aromatic rings. The number of rotatable bonds is 0. The molecule has 62 valence electrons. The normalized spacial score (nSPS) is 43.4. The molecule has 2 nitrogen and oxygen atoms in total. The van der Waals surface area contributed by atoms with E-state index in [4.69, 9.17) is 4.74 Å². The lowest BCUT2D eigenvalue weighted by Crippen LogP contribution is -2.28. The second-order valence-corrected chi connectivity index (χ2v) is 4.91. The largest absolute Gasteiger partial charge is 0.458 e. The molecule has 0 saturated carbocycles. The number of hydrogen-bond acceptors (Lipinski definition) is 3. The van der Waals surface area contributed by atoms with E-state index in [1.54, 1.807) is 0 Å². The Balaban J connectivity index is 2.07. The van der Waals surface area contributed by atoms with Gasteiger partial charge >= 0.3 is 5.97 Å². The van der Waals surface area contributed by atoms with Gasteiger partial charge in [-0.15, -0.1) is 0 Å². The Hall–Kier alpha value is -0.180. The zero-order valence-electron chi connectivity index (χ0n) is 6.63. The molecule has 2 aliphatic heterocycles. The lowest BCUT2D eigenvalue weighted by Gasteiger charge is -2.19. The molecule has 3 heteroatoms. The van der Waals surface area contributed by atoms with Gasteiger partial charge in [-0.3, -0.25) is 4.79 Å². The van der Waals surface area contributed by atoms with Crippen molar-refractivity contribution in [2.75, 3.05) is 5.75 Å². The summed E-state index contributed by atoms with van der Waals surface area (Å²) in [5, 5.41) is 0.667. The molecule has 0 aliphatic carbocycles. The van der Waals surface area contributed by atoms with Crippen molar-refractivity contribution in [1.29, 1.82) is 0 Å². The van der Waals surface area contributed by atoms with E-state index in [1.807, 2.05) is 11.8 Å². The van der Waals surface area contributed by atoms with E-state index in [-0.39, 0.29) is 11.6 Å². The number of hydrogen-bond donors (Lipinski definition) is 0.